The van der Waals surface area contributed by atoms with Gasteiger partial charge in [0.15, 0.2) is 0 Å². The van der Waals surface area contributed by atoms with Crippen LogP contribution in [0.25, 0.3) is 10.9 Å². The van der Waals surface area contributed by atoms with Gasteiger partial charge in [0.25, 0.3) is 0 Å². The van der Waals surface area contributed by atoms with Crippen LogP contribution in [0.3, 0.4) is 0 Å². The van der Waals surface area contributed by atoms with Gasteiger partial charge in [-0.2, -0.15) is 0 Å². The molecule has 0 bridgehead atoms. The van der Waals surface area contributed by atoms with Gasteiger partial charge in [0.2, 0.25) is 0 Å². The summed E-state index contributed by atoms with van der Waals surface area (Å²) in [5.74, 6) is 0.899. The lowest BCUT2D eigenvalue weighted by Crippen LogP contribution is -2.13. The normalized spacial score (nSPS) is 17.3. The molecule has 24 heavy (non-hydrogen) atoms. The summed E-state index contributed by atoms with van der Waals surface area (Å²) < 4.78 is 1.20. The monoisotopic (exact) mass is 389 g/mol. The molecule has 0 amide bonds. The highest BCUT2D eigenvalue weighted by atomic mass is 79.9. The van der Waals surface area contributed by atoms with Crippen LogP contribution in [0.15, 0.2) is 22.7 Å². The Morgan fingerprint density at radius 3 is 2.58 bits per heavy atom. The molecule has 2 heteroatoms. The van der Waals surface area contributed by atoms with Crippen LogP contribution in [0.4, 0.5) is 0 Å². The van der Waals surface area contributed by atoms with Crippen molar-refractivity contribution in [1.82, 2.24) is 4.98 Å². The van der Waals surface area contributed by atoms with E-state index in [-0.39, 0.29) is 0 Å². The van der Waals surface area contributed by atoms with Crippen molar-refractivity contribution in [3.8, 4) is 0 Å². The minimum atomic E-state index is 0.899. The van der Waals surface area contributed by atoms with Crippen molar-refractivity contribution in [3.05, 3.63) is 33.9 Å². The molecule has 1 atom stereocenters. The molecule has 1 N–H and O–H groups in total. The topological polar surface area (TPSA) is 15.8 Å². The molecule has 1 nitrogen and oxygen atoms in total. The number of aryl methyl sites for hydroxylation is 1. The van der Waals surface area contributed by atoms with Gasteiger partial charge >= 0.3 is 0 Å². The van der Waals surface area contributed by atoms with Crippen LogP contribution in [0.5, 0.6) is 0 Å². The lowest BCUT2D eigenvalue weighted by Gasteiger charge is -2.22. The molecular formula is C22H32BrN. The number of aromatic nitrogens is 1. The Balaban J connectivity index is 1.44. The number of nitrogens with one attached hydrogen (secondary N) is 1. The number of unbranched alkanes of at least 4 members (excludes halogenated alkanes) is 7. The summed E-state index contributed by atoms with van der Waals surface area (Å²) in [6.07, 6.45) is 16.8. The van der Waals surface area contributed by atoms with Gasteiger partial charge in [0.05, 0.1) is 0 Å². The molecule has 2 aromatic rings. The number of hydrogen-bond donors (Lipinski definition) is 1. The van der Waals surface area contributed by atoms with Crippen molar-refractivity contribution in [1.29, 1.82) is 0 Å². The largest absolute Gasteiger partial charge is 0.358 e. The van der Waals surface area contributed by atoms with Crippen LogP contribution in [0, 0.1) is 5.92 Å². The average Bonchev–Trinajstić information content (AvgIpc) is 2.94. The van der Waals surface area contributed by atoms with Crippen LogP contribution in [0.1, 0.15) is 82.4 Å². The van der Waals surface area contributed by atoms with E-state index in [1.54, 1.807) is 5.56 Å². The van der Waals surface area contributed by atoms with Gasteiger partial charge in [0, 0.05) is 21.1 Å². The van der Waals surface area contributed by atoms with Crippen molar-refractivity contribution >= 4 is 26.8 Å². The fourth-order valence-corrected chi connectivity index (χ4v) is 4.64. The third-order valence-electron chi connectivity index (χ3n) is 5.72. The zero-order chi connectivity index (χ0) is 16.8. The first-order valence-electron chi connectivity index (χ1n) is 10.1. The number of H-pyrrole nitrogens is 1. The molecule has 0 saturated carbocycles. The third-order valence-corrected chi connectivity index (χ3v) is 6.21. The molecule has 1 aliphatic rings. The minimum Gasteiger partial charge on any atom is -0.358 e. The van der Waals surface area contributed by atoms with E-state index >= 15 is 0 Å². The molecule has 1 heterocycles. The maximum Gasteiger partial charge on any atom is 0.0459 e. The van der Waals surface area contributed by atoms with Crippen LogP contribution >= 0.6 is 15.9 Å². The fourth-order valence-electron chi connectivity index (χ4n) is 4.27. The highest BCUT2D eigenvalue weighted by Gasteiger charge is 2.22. The van der Waals surface area contributed by atoms with Crippen molar-refractivity contribution in [2.75, 3.05) is 0 Å². The van der Waals surface area contributed by atoms with Crippen LogP contribution in [-0.2, 0) is 12.8 Å². The average molecular weight is 390 g/mol. The molecule has 0 fully saturated rings. The van der Waals surface area contributed by atoms with E-state index in [2.05, 4.69) is 46.0 Å². The Morgan fingerprint density at radius 1 is 1.04 bits per heavy atom. The second-order valence-corrected chi connectivity index (χ2v) is 8.56. The molecule has 0 spiro atoms. The number of aromatic amines is 1. The summed E-state index contributed by atoms with van der Waals surface area (Å²) in [4.78, 5) is 3.64. The standard InChI is InChI=1S/C22H32BrN/c1-2-3-4-5-6-7-8-9-10-17-11-13-21-19(15-17)20-16-18(23)12-14-22(20)24-21/h12,14,16-17,24H,2-11,13,15H2,1H3. The zero-order valence-corrected chi connectivity index (χ0v) is 16.8. The number of fused-ring (bicyclic) bond motifs is 3. The Bertz CT molecular complexity index is 643. The molecule has 1 aromatic carbocycles. The summed E-state index contributed by atoms with van der Waals surface area (Å²) in [7, 11) is 0. The second kappa shape index (κ2) is 9.08. The first kappa shape index (κ1) is 18.0. The lowest BCUT2D eigenvalue weighted by molar-refractivity contribution is 0.403. The Hall–Kier alpha value is -0.760. The van der Waals surface area contributed by atoms with Crippen LogP contribution in [-0.4, -0.2) is 4.98 Å². The van der Waals surface area contributed by atoms with Gasteiger partial charge in [-0.1, -0.05) is 80.6 Å². The van der Waals surface area contributed by atoms with Crippen LogP contribution < -0.4 is 0 Å². The molecule has 1 aromatic heterocycles. The number of rotatable bonds is 9. The van der Waals surface area contributed by atoms with Gasteiger partial charge in [-0.15, -0.1) is 0 Å². The van der Waals surface area contributed by atoms with E-state index < -0.39 is 0 Å². The SMILES string of the molecule is CCCCCCCCCCC1CCc2[nH]c3ccc(Br)cc3c2C1. The molecule has 0 saturated heterocycles. The Morgan fingerprint density at radius 2 is 1.79 bits per heavy atom. The molecule has 132 valence electrons. The van der Waals surface area contributed by atoms with E-state index in [0.29, 0.717) is 0 Å². The molecule has 3 rings (SSSR count). The number of hydrogen-bond acceptors (Lipinski definition) is 0. The zero-order valence-electron chi connectivity index (χ0n) is 15.2. The first-order valence-corrected chi connectivity index (χ1v) is 10.9. The first-order chi connectivity index (χ1) is 11.8. The summed E-state index contributed by atoms with van der Waals surface area (Å²) in [5.41, 5.74) is 4.41. The fraction of sp³-hybridized carbons (Fsp3) is 0.636. The van der Waals surface area contributed by atoms with Gasteiger partial charge in [-0.3, -0.25) is 0 Å². The highest BCUT2D eigenvalue weighted by Crippen LogP contribution is 2.35. The molecule has 1 unspecified atom stereocenters. The van der Waals surface area contributed by atoms with E-state index in [4.69, 9.17) is 0 Å². The maximum atomic E-state index is 3.64. The van der Waals surface area contributed by atoms with E-state index in [0.717, 1.165) is 5.92 Å². The van der Waals surface area contributed by atoms with Gasteiger partial charge in [-0.25, -0.2) is 0 Å². The van der Waals surface area contributed by atoms with Crippen molar-refractivity contribution in [2.24, 2.45) is 5.92 Å². The minimum absolute atomic E-state index is 0.899. The Labute approximate surface area is 155 Å². The molecule has 0 radical (unpaired) electrons. The molecular weight excluding hydrogens is 358 g/mol. The number of halogens is 1. The van der Waals surface area contributed by atoms with Gasteiger partial charge in [0.1, 0.15) is 0 Å². The summed E-state index contributed by atoms with van der Waals surface area (Å²) in [6.45, 7) is 2.29. The van der Waals surface area contributed by atoms with Gasteiger partial charge < -0.3 is 4.98 Å². The summed E-state index contributed by atoms with van der Waals surface area (Å²) in [5, 5.41) is 1.44. The highest BCUT2D eigenvalue weighted by molar-refractivity contribution is 9.10. The summed E-state index contributed by atoms with van der Waals surface area (Å²) >= 11 is 3.63. The maximum absolute atomic E-state index is 3.64. The smallest absolute Gasteiger partial charge is 0.0459 e. The van der Waals surface area contributed by atoms with Gasteiger partial charge in [-0.05, 0) is 48.9 Å². The van der Waals surface area contributed by atoms with E-state index in [1.807, 2.05) is 0 Å². The second-order valence-electron chi connectivity index (χ2n) is 7.64. The van der Waals surface area contributed by atoms with E-state index in [9.17, 15) is 0 Å². The lowest BCUT2D eigenvalue weighted by atomic mass is 9.83. The molecule has 0 aliphatic heterocycles. The Kier molecular flexibility index (Phi) is 6.83. The predicted molar refractivity (Wildman–Crippen MR) is 109 cm³/mol. The quantitative estimate of drug-likeness (QED) is 0.425. The number of benzene rings is 1. The summed E-state index contributed by atoms with van der Waals surface area (Å²) in [6, 6.07) is 6.65. The third kappa shape index (κ3) is 4.65. The van der Waals surface area contributed by atoms with Crippen LogP contribution in [0.2, 0.25) is 0 Å². The van der Waals surface area contributed by atoms with Crippen molar-refractivity contribution < 1.29 is 0 Å². The predicted octanol–water partition coefficient (Wildman–Crippen LogP) is 7.57. The van der Waals surface area contributed by atoms with Crippen molar-refractivity contribution in [2.45, 2.75) is 84.0 Å². The van der Waals surface area contributed by atoms with E-state index in [1.165, 1.54) is 98.1 Å². The molecule has 1 aliphatic carbocycles. The van der Waals surface area contributed by atoms with Crippen molar-refractivity contribution in [3.63, 3.8) is 0 Å².